The summed E-state index contributed by atoms with van der Waals surface area (Å²) in [4.78, 5) is 5.34. The van der Waals surface area contributed by atoms with E-state index >= 15 is 0 Å². The van der Waals surface area contributed by atoms with Gasteiger partial charge in [-0.05, 0) is 88.1 Å². The average Bonchev–Trinajstić information content (AvgIpc) is 3.23. The predicted molar refractivity (Wildman–Crippen MR) is 215 cm³/mol. The monoisotopic (exact) mass is 786 g/mol. The minimum atomic E-state index is -4.83. The summed E-state index contributed by atoms with van der Waals surface area (Å²) in [7, 11) is 0. The zero-order valence-electron chi connectivity index (χ0n) is 30.9. The minimum Gasteiger partial charge on any atom is -0.406 e. The summed E-state index contributed by atoms with van der Waals surface area (Å²) in [5.74, 6) is -0.935. The first-order chi connectivity index (χ1) is 28.0. The molecule has 0 fully saturated rings. The van der Waals surface area contributed by atoms with E-state index in [0.717, 1.165) is 74.4 Å². The van der Waals surface area contributed by atoms with Crippen LogP contribution in [0.5, 0.6) is 11.5 Å². The van der Waals surface area contributed by atoms with E-state index in [1.807, 2.05) is 66.7 Å². The first-order valence-electron chi connectivity index (χ1n) is 18.8. The van der Waals surface area contributed by atoms with Crippen LogP contribution in [-0.2, 0) is 0 Å². The number of nitrogens with one attached hydrogen (secondary N) is 1. The molecule has 0 bridgehead atoms. The van der Waals surface area contributed by atoms with Crippen molar-refractivity contribution in [3.05, 3.63) is 208 Å². The molecule has 0 aromatic heterocycles. The van der Waals surface area contributed by atoms with E-state index in [1.54, 1.807) is 24.3 Å². The van der Waals surface area contributed by atoms with Gasteiger partial charge in [0.15, 0.2) is 0 Å². The van der Waals surface area contributed by atoms with E-state index < -0.39 is 18.9 Å². The van der Waals surface area contributed by atoms with Crippen molar-refractivity contribution in [1.29, 1.82) is 0 Å². The van der Waals surface area contributed by atoms with Crippen LogP contribution >= 0.6 is 0 Å². The summed E-state index contributed by atoms with van der Waals surface area (Å²) < 4.78 is 85.6. The van der Waals surface area contributed by atoms with E-state index in [2.05, 4.69) is 63.4 Å². The van der Waals surface area contributed by atoms with Crippen LogP contribution in [0.1, 0.15) is 64.7 Å². The highest BCUT2D eigenvalue weighted by atomic mass is 19.4. The molecule has 1 heterocycles. The van der Waals surface area contributed by atoms with Gasteiger partial charge in [0.25, 0.3) is 0 Å². The standard InChI is InChI=1S/C48H36F6N2O2/c49-47(50,51)57-41-24-20-32(21-25-41)39-28-38(29-40(30-39)33-22-26-42(27-23-33)58-48(52,53)54)31-16-18-37(19-17-31)46-55-44(35-12-6-2-7-13-35)43(34-10-4-1-5-11-34)45(56-46)36-14-8-3-9-15-36/h2-4,6-29,39,46,55H,1,5,30H2. The Morgan fingerprint density at radius 3 is 1.72 bits per heavy atom. The molecule has 1 N–H and O–H groups in total. The first-order valence-corrected chi connectivity index (χ1v) is 18.8. The highest BCUT2D eigenvalue weighted by Crippen LogP contribution is 2.41. The van der Waals surface area contributed by atoms with Gasteiger partial charge in [0.1, 0.15) is 17.7 Å². The van der Waals surface area contributed by atoms with Crippen LogP contribution < -0.4 is 14.8 Å². The molecular formula is C48H36F6N2O2. The maximum atomic E-state index is 12.9. The summed E-state index contributed by atoms with van der Waals surface area (Å²) in [5.41, 5.74) is 11.0. The van der Waals surface area contributed by atoms with Crippen molar-refractivity contribution in [2.45, 2.75) is 44.1 Å². The zero-order chi connectivity index (χ0) is 40.3. The molecule has 58 heavy (non-hydrogen) atoms. The Kier molecular flexibility index (Phi) is 10.7. The molecule has 8 rings (SSSR count). The number of nitrogens with zero attached hydrogens (tertiary/aromatic N) is 1. The lowest BCUT2D eigenvalue weighted by atomic mass is 9.81. The van der Waals surface area contributed by atoms with Gasteiger partial charge in [-0.1, -0.05) is 140 Å². The van der Waals surface area contributed by atoms with Crippen molar-refractivity contribution >= 4 is 22.6 Å². The maximum absolute atomic E-state index is 12.9. The van der Waals surface area contributed by atoms with E-state index in [0.29, 0.717) is 12.0 Å². The van der Waals surface area contributed by atoms with E-state index in [-0.39, 0.29) is 17.4 Å². The SMILES string of the molecule is FC(F)(F)Oc1ccc(C2=CC(c3ccc(C4N=C(c5ccccc5)C(C5=CCCC=C5)=C(c5ccccc5)N4)cc3)=CC(c3ccc(OC(F)(F)F)cc3)C2)cc1. The Morgan fingerprint density at radius 2 is 1.14 bits per heavy atom. The van der Waals surface area contributed by atoms with Crippen molar-refractivity contribution in [2.75, 3.05) is 0 Å². The van der Waals surface area contributed by atoms with Gasteiger partial charge in [-0.2, -0.15) is 0 Å². The van der Waals surface area contributed by atoms with Crippen LogP contribution in [0.2, 0.25) is 0 Å². The number of allylic oxidation sites excluding steroid dienone is 9. The molecule has 0 radical (unpaired) electrons. The molecule has 2 unspecified atom stereocenters. The molecule has 5 aromatic carbocycles. The van der Waals surface area contributed by atoms with Crippen molar-refractivity contribution in [3.8, 4) is 11.5 Å². The highest BCUT2D eigenvalue weighted by molar-refractivity contribution is 6.20. The molecule has 5 aromatic rings. The zero-order valence-corrected chi connectivity index (χ0v) is 30.9. The fourth-order valence-electron chi connectivity index (χ4n) is 7.49. The Bertz CT molecular complexity index is 2440. The van der Waals surface area contributed by atoms with E-state index in [4.69, 9.17) is 4.99 Å². The van der Waals surface area contributed by atoms with Crippen molar-refractivity contribution in [2.24, 2.45) is 4.99 Å². The molecule has 4 nitrogen and oxygen atoms in total. The molecule has 0 amide bonds. The second-order valence-electron chi connectivity index (χ2n) is 14.1. The number of alkyl halides is 6. The Hall–Kier alpha value is -6.55. The predicted octanol–water partition coefficient (Wildman–Crippen LogP) is 12.9. The maximum Gasteiger partial charge on any atom is 0.573 e. The largest absolute Gasteiger partial charge is 0.573 e. The fourth-order valence-corrected chi connectivity index (χ4v) is 7.49. The van der Waals surface area contributed by atoms with Crippen LogP contribution in [0.15, 0.2) is 180 Å². The second-order valence-corrected chi connectivity index (χ2v) is 14.1. The molecule has 2 atom stereocenters. The third kappa shape index (κ3) is 9.02. The third-order valence-corrected chi connectivity index (χ3v) is 10.1. The Balaban J connectivity index is 1.15. The highest BCUT2D eigenvalue weighted by Gasteiger charge is 2.33. The lowest BCUT2D eigenvalue weighted by Gasteiger charge is -2.30. The fraction of sp³-hybridized carbons (Fsp3) is 0.146. The number of hydrogen-bond acceptors (Lipinski definition) is 4. The Labute approximate surface area is 331 Å². The first kappa shape index (κ1) is 38.3. The number of aliphatic imine (C=N–C) groups is 1. The van der Waals surface area contributed by atoms with Gasteiger partial charge in [0.05, 0.1) is 11.4 Å². The minimum absolute atomic E-state index is 0.265. The van der Waals surface area contributed by atoms with Crippen molar-refractivity contribution in [1.82, 2.24) is 5.32 Å². The van der Waals surface area contributed by atoms with E-state index in [1.165, 1.54) is 24.3 Å². The molecule has 0 saturated carbocycles. The van der Waals surface area contributed by atoms with Gasteiger partial charge in [0.2, 0.25) is 0 Å². The lowest BCUT2D eigenvalue weighted by Crippen LogP contribution is -2.29. The molecular weight excluding hydrogens is 751 g/mol. The number of benzene rings is 5. The summed E-state index contributed by atoms with van der Waals surface area (Å²) in [6.07, 6.45) is 2.96. The normalized spacial score (nSPS) is 18.4. The van der Waals surface area contributed by atoms with Gasteiger partial charge in [-0.25, -0.2) is 0 Å². The van der Waals surface area contributed by atoms with Crippen LogP contribution in [0.4, 0.5) is 26.3 Å². The molecule has 10 heteroatoms. The summed E-state index contributed by atoms with van der Waals surface area (Å²) >= 11 is 0. The smallest absolute Gasteiger partial charge is 0.406 e. The summed E-state index contributed by atoms with van der Waals surface area (Å²) in [6, 6.07) is 39.8. The molecule has 292 valence electrons. The van der Waals surface area contributed by atoms with Crippen LogP contribution in [0.3, 0.4) is 0 Å². The van der Waals surface area contributed by atoms with Crippen molar-refractivity contribution in [3.63, 3.8) is 0 Å². The average molecular weight is 787 g/mol. The molecule has 2 aliphatic carbocycles. The lowest BCUT2D eigenvalue weighted by molar-refractivity contribution is -0.275. The van der Waals surface area contributed by atoms with Gasteiger partial charge in [-0.3, -0.25) is 4.99 Å². The number of halogens is 6. The summed E-state index contributed by atoms with van der Waals surface area (Å²) in [6.45, 7) is 0. The summed E-state index contributed by atoms with van der Waals surface area (Å²) in [5, 5.41) is 3.76. The van der Waals surface area contributed by atoms with Crippen molar-refractivity contribution < 1.29 is 35.8 Å². The quantitative estimate of drug-likeness (QED) is 0.151. The number of hydrogen-bond donors (Lipinski definition) is 1. The van der Waals surface area contributed by atoms with Crippen LogP contribution in [0.25, 0.3) is 16.8 Å². The molecule has 3 aliphatic rings. The molecule has 1 aliphatic heterocycles. The van der Waals surface area contributed by atoms with Gasteiger partial charge in [0, 0.05) is 17.1 Å². The third-order valence-electron chi connectivity index (χ3n) is 10.1. The Morgan fingerprint density at radius 1 is 0.569 bits per heavy atom. The van der Waals surface area contributed by atoms with E-state index in [9.17, 15) is 26.3 Å². The molecule has 0 saturated heterocycles. The van der Waals surface area contributed by atoms with Crippen LogP contribution in [0, 0.1) is 0 Å². The van der Waals surface area contributed by atoms with Gasteiger partial charge in [-0.15, -0.1) is 26.3 Å². The number of rotatable bonds is 9. The number of ether oxygens (including phenoxy) is 2. The molecule has 0 spiro atoms. The van der Waals surface area contributed by atoms with Crippen LogP contribution in [-0.4, -0.2) is 18.4 Å². The van der Waals surface area contributed by atoms with Gasteiger partial charge >= 0.3 is 12.7 Å². The second kappa shape index (κ2) is 16.1. The van der Waals surface area contributed by atoms with Gasteiger partial charge < -0.3 is 14.8 Å². The topological polar surface area (TPSA) is 42.8 Å².